The Balaban J connectivity index is 1.75. The first-order valence-electron chi connectivity index (χ1n) is 8.73. The third kappa shape index (κ3) is 3.44. The number of fused-ring (bicyclic) bond motifs is 1. The van der Waals surface area contributed by atoms with Crippen LogP contribution in [0.4, 0.5) is 5.69 Å². The number of methoxy groups -OCH3 is 1. The lowest BCUT2D eigenvalue weighted by Gasteiger charge is -2.20. The smallest absolute Gasteiger partial charge is 0.262 e. The fourth-order valence-corrected chi connectivity index (χ4v) is 3.97. The summed E-state index contributed by atoms with van der Waals surface area (Å²) in [5.41, 5.74) is 1.87. The largest absolute Gasteiger partial charge is 0.497 e. The molecule has 1 aliphatic heterocycles. The van der Waals surface area contributed by atoms with Crippen molar-refractivity contribution in [2.45, 2.75) is 4.90 Å². The fraction of sp³-hybridized carbons (Fsp3) is 0.0435. The number of hydrogen-bond donors (Lipinski definition) is 0. The highest BCUT2D eigenvalue weighted by atomic mass is 32.2. The normalized spacial score (nSPS) is 14.0. The van der Waals surface area contributed by atoms with Gasteiger partial charge in [0.15, 0.2) is 0 Å². The Morgan fingerprint density at radius 1 is 0.929 bits per heavy atom. The van der Waals surface area contributed by atoms with Crippen LogP contribution in [0.2, 0.25) is 0 Å². The zero-order valence-electron chi connectivity index (χ0n) is 15.2. The molecule has 0 N–H and O–H groups in total. The third-order valence-electron chi connectivity index (χ3n) is 4.41. The zero-order chi connectivity index (χ0) is 19.5. The zero-order valence-corrected chi connectivity index (χ0v) is 16.0. The van der Waals surface area contributed by atoms with Crippen molar-refractivity contribution >= 4 is 29.1 Å². The Morgan fingerprint density at radius 3 is 2.29 bits per heavy atom. The molecular weight excluding hydrogens is 370 g/mol. The molecule has 28 heavy (non-hydrogen) atoms. The van der Waals surface area contributed by atoms with E-state index in [-0.39, 0.29) is 11.7 Å². The second-order valence-electron chi connectivity index (χ2n) is 6.16. The summed E-state index contributed by atoms with van der Waals surface area (Å²) >= 11 is 1.38. The van der Waals surface area contributed by atoms with E-state index in [2.05, 4.69) is 0 Å². The number of ketones is 1. The molecule has 1 heterocycles. The number of nitrogens with zero attached hydrogens (tertiary/aromatic N) is 1. The average molecular weight is 387 g/mol. The molecular formula is C23H17NO3S. The number of hydrogen-bond acceptors (Lipinski definition) is 4. The fourth-order valence-electron chi connectivity index (χ4n) is 2.96. The van der Waals surface area contributed by atoms with Crippen molar-refractivity contribution < 1.29 is 14.3 Å². The van der Waals surface area contributed by atoms with Gasteiger partial charge in [-0.15, -0.1) is 0 Å². The number of carbonyl (C=O) groups is 2. The summed E-state index contributed by atoms with van der Waals surface area (Å²) in [6, 6.07) is 23.7. The van der Waals surface area contributed by atoms with Gasteiger partial charge in [-0.3, -0.25) is 14.5 Å². The summed E-state index contributed by atoms with van der Waals surface area (Å²) in [7, 11) is 1.59. The topological polar surface area (TPSA) is 46.6 Å². The van der Waals surface area contributed by atoms with E-state index in [4.69, 9.17) is 4.74 Å². The predicted octanol–water partition coefficient (Wildman–Crippen LogP) is 5.17. The molecule has 0 aliphatic carbocycles. The molecule has 1 amide bonds. The van der Waals surface area contributed by atoms with Crippen LogP contribution in [-0.2, 0) is 0 Å². The summed E-state index contributed by atoms with van der Waals surface area (Å²) in [6.45, 7) is 0. The van der Waals surface area contributed by atoms with Crippen LogP contribution in [0.25, 0.3) is 0 Å². The van der Waals surface area contributed by atoms with Crippen LogP contribution in [0.5, 0.6) is 5.75 Å². The molecule has 3 aromatic rings. The van der Waals surface area contributed by atoms with Crippen molar-refractivity contribution in [3.63, 3.8) is 0 Å². The van der Waals surface area contributed by atoms with E-state index in [9.17, 15) is 9.59 Å². The van der Waals surface area contributed by atoms with Crippen molar-refractivity contribution in [2.75, 3.05) is 12.0 Å². The molecule has 0 saturated heterocycles. The Kier molecular flexibility index (Phi) is 5.00. The van der Waals surface area contributed by atoms with E-state index in [1.165, 1.54) is 16.7 Å². The first kappa shape index (κ1) is 18.1. The highest BCUT2D eigenvalue weighted by molar-refractivity contribution is 8.04. The lowest BCUT2D eigenvalue weighted by Crippen LogP contribution is -2.26. The number of rotatable bonds is 4. The van der Waals surface area contributed by atoms with Crippen LogP contribution >= 0.6 is 11.8 Å². The van der Waals surface area contributed by atoms with Crippen molar-refractivity contribution in [3.05, 3.63) is 101 Å². The van der Waals surface area contributed by atoms with Gasteiger partial charge < -0.3 is 4.74 Å². The van der Waals surface area contributed by atoms with Crippen molar-refractivity contribution in [1.82, 2.24) is 0 Å². The van der Waals surface area contributed by atoms with Crippen LogP contribution in [0.3, 0.4) is 0 Å². The van der Waals surface area contributed by atoms with Gasteiger partial charge in [0.25, 0.3) is 5.91 Å². The predicted molar refractivity (Wildman–Crippen MR) is 111 cm³/mol. The summed E-state index contributed by atoms with van der Waals surface area (Å²) < 4.78 is 5.21. The van der Waals surface area contributed by atoms with Gasteiger partial charge in [0.1, 0.15) is 5.75 Å². The van der Waals surface area contributed by atoms with Crippen molar-refractivity contribution in [2.24, 2.45) is 0 Å². The summed E-state index contributed by atoms with van der Waals surface area (Å²) in [5.74, 6) is 0.421. The van der Waals surface area contributed by atoms with Crippen molar-refractivity contribution in [1.29, 1.82) is 0 Å². The minimum atomic E-state index is -0.206. The van der Waals surface area contributed by atoms with Gasteiger partial charge in [-0.05, 0) is 48.5 Å². The van der Waals surface area contributed by atoms with Gasteiger partial charge >= 0.3 is 0 Å². The van der Waals surface area contributed by atoms with E-state index < -0.39 is 0 Å². The Bertz CT molecular complexity index is 1060. The quantitative estimate of drug-likeness (QED) is 0.579. The molecule has 0 atom stereocenters. The number of allylic oxidation sites excluding steroid dienone is 1. The molecule has 138 valence electrons. The Hall–Kier alpha value is -3.31. The summed E-state index contributed by atoms with van der Waals surface area (Å²) in [4.78, 5) is 28.9. The summed E-state index contributed by atoms with van der Waals surface area (Å²) in [5, 5.41) is 0. The molecule has 4 nitrogen and oxygen atoms in total. The van der Waals surface area contributed by atoms with E-state index in [1.54, 1.807) is 49.7 Å². The van der Waals surface area contributed by atoms with Gasteiger partial charge in [-0.25, -0.2) is 0 Å². The minimum Gasteiger partial charge on any atom is -0.497 e. The lowest BCUT2D eigenvalue weighted by atomic mass is 10.1. The first-order valence-corrected chi connectivity index (χ1v) is 9.55. The van der Waals surface area contributed by atoms with Gasteiger partial charge in [-0.2, -0.15) is 0 Å². The van der Waals surface area contributed by atoms with Crippen molar-refractivity contribution in [3.8, 4) is 5.75 Å². The highest BCUT2D eigenvalue weighted by Crippen LogP contribution is 2.40. The number of ether oxygens (including phenoxy) is 1. The maximum absolute atomic E-state index is 13.2. The van der Waals surface area contributed by atoms with Crippen LogP contribution in [-0.4, -0.2) is 18.8 Å². The minimum absolute atomic E-state index is 0.0695. The van der Waals surface area contributed by atoms with Crippen LogP contribution in [0.15, 0.2) is 94.9 Å². The van der Waals surface area contributed by atoms with Gasteiger partial charge in [-0.1, -0.05) is 42.1 Å². The monoisotopic (exact) mass is 387 g/mol. The third-order valence-corrected chi connectivity index (χ3v) is 5.50. The standard InChI is InChI=1S/C23H17NO3S/c1-27-18-13-11-17(12-14-18)24(23(26)16-7-3-2-4-8-16)15-21-22(25)19-9-5-6-10-20(19)28-21/h2-15H,1H3/b21-15+. The van der Waals surface area contributed by atoms with Gasteiger partial charge in [0, 0.05) is 27.9 Å². The SMILES string of the molecule is COc1ccc(N(/C=C2/Sc3ccccc3C2=O)C(=O)c2ccccc2)cc1. The molecule has 1 aliphatic rings. The van der Waals surface area contributed by atoms with E-state index in [0.717, 1.165) is 4.90 Å². The molecule has 4 rings (SSSR count). The first-order chi connectivity index (χ1) is 13.7. The second kappa shape index (κ2) is 7.74. The number of thioether (sulfide) groups is 1. The molecule has 0 spiro atoms. The molecule has 0 unspecified atom stereocenters. The molecule has 0 radical (unpaired) electrons. The van der Waals surface area contributed by atoms with E-state index in [0.29, 0.717) is 27.5 Å². The van der Waals surface area contributed by atoms with Crippen LogP contribution in [0.1, 0.15) is 20.7 Å². The lowest BCUT2D eigenvalue weighted by molar-refractivity contribution is 0.0997. The number of benzene rings is 3. The number of amides is 1. The molecule has 0 saturated carbocycles. The van der Waals surface area contributed by atoms with Gasteiger partial charge in [0.05, 0.1) is 12.0 Å². The summed E-state index contributed by atoms with van der Waals surface area (Å²) in [6.07, 6.45) is 1.63. The molecule has 0 bridgehead atoms. The molecule has 3 aromatic carbocycles. The number of carbonyl (C=O) groups excluding carboxylic acids is 2. The van der Waals surface area contributed by atoms with E-state index in [1.807, 2.05) is 42.5 Å². The Morgan fingerprint density at radius 2 is 1.61 bits per heavy atom. The number of Topliss-reactive ketones (excluding diaryl/α,β-unsaturated/α-hetero) is 1. The van der Waals surface area contributed by atoms with Crippen LogP contribution in [0, 0.1) is 0 Å². The van der Waals surface area contributed by atoms with Gasteiger partial charge in [0.2, 0.25) is 5.78 Å². The number of anilines is 1. The highest BCUT2D eigenvalue weighted by Gasteiger charge is 2.27. The van der Waals surface area contributed by atoms with E-state index >= 15 is 0 Å². The Labute approximate surface area is 167 Å². The van der Waals surface area contributed by atoms with Crippen LogP contribution < -0.4 is 9.64 Å². The maximum Gasteiger partial charge on any atom is 0.262 e. The molecule has 0 aromatic heterocycles. The molecule has 0 fully saturated rings. The maximum atomic E-state index is 13.2. The molecule has 5 heteroatoms. The second-order valence-corrected chi connectivity index (χ2v) is 7.24. The average Bonchev–Trinajstić information content (AvgIpc) is 3.08.